The van der Waals surface area contributed by atoms with Gasteiger partial charge in [-0.1, -0.05) is 51.8 Å². The highest BCUT2D eigenvalue weighted by atomic mass is 16.2. The van der Waals surface area contributed by atoms with Gasteiger partial charge in [0, 0.05) is 48.8 Å². The summed E-state index contributed by atoms with van der Waals surface area (Å²) in [5, 5.41) is 2.31. The van der Waals surface area contributed by atoms with E-state index in [1.807, 2.05) is 6.20 Å². The number of carbonyl (C=O) groups excluding carboxylic acids is 2. The van der Waals surface area contributed by atoms with E-state index in [9.17, 15) is 9.59 Å². The lowest BCUT2D eigenvalue weighted by molar-refractivity contribution is -0.134. The van der Waals surface area contributed by atoms with Crippen molar-refractivity contribution in [3.8, 4) is 11.8 Å². The number of H-pyrrole nitrogens is 1. The average molecular weight is 614 g/mol. The Morgan fingerprint density at radius 3 is 2.22 bits per heavy atom. The number of aromatic nitrogens is 2. The Labute approximate surface area is 271 Å². The molecule has 0 spiro atoms. The van der Waals surface area contributed by atoms with Gasteiger partial charge in [0.25, 0.3) is 0 Å². The second kappa shape index (κ2) is 11.3. The minimum Gasteiger partial charge on any atom is -0.334 e. The normalized spacial score (nSPS) is 27.4. The van der Waals surface area contributed by atoms with Gasteiger partial charge in [-0.05, 0) is 95.4 Å². The summed E-state index contributed by atoms with van der Waals surface area (Å²) >= 11 is 0. The molecule has 8 rings (SSSR count). The first-order valence-electron chi connectivity index (χ1n) is 17.2. The van der Waals surface area contributed by atoms with E-state index in [1.165, 1.54) is 16.5 Å². The van der Waals surface area contributed by atoms with Gasteiger partial charge >= 0.3 is 0 Å². The second-order valence-corrected chi connectivity index (χ2v) is 15.1. The molecular weight excluding hydrogens is 570 g/mol. The van der Waals surface area contributed by atoms with Gasteiger partial charge in [0.1, 0.15) is 11.5 Å². The quantitative estimate of drug-likeness (QED) is 0.295. The summed E-state index contributed by atoms with van der Waals surface area (Å²) in [7, 11) is 0. The number of nitrogens with zero attached hydrogens (tertiary/aromatic N) is 4. The SMILES string of the molecule is CC(C)CC(=O)N1[C@@H]2C[C@@H]2C[C@H]1C1=NC=C(c2ccc3cc(C#Cc4cnc([C@@H]5C[C@H]6C[C@H]6N5C(=O)CC(C)C)[nH]4)ccc3c2)C1. The number of hydrogen-bond acceptors (Lipinski definition) is 4. The summed E-state index contributed by atoms with van der Waals surface area (Å²) in [6.07, 6.45) is 10.2. The van der Waals surface area contributed by atoms with Crippen LogP contribution in [0.25, 0.3) is 16.3 Å². The fourth-order valence-corrected chi connectivity index (χ4v) is 8.14. The molecule has 0 bridgehead atoms. The van der Waals surface area contributed by atoms with Gasteiger partial charge in [-0.3, -0.25) is 14.6 Å². The molecular formula is C39H43N5O2. The summed E-state index contributed by atoms with van der Waals surface area (Å²) in [6.45, 7) is 8.44. The summed E-state index contributed by atoms with van der Waals surface area (Å²) in [6, 6.07) is 13.9. The van der Waals surface area contributed by atoms with Gasteiger partial charge in [-0.15, -0.1) is 0 Å². The third-order valence-corrected chi connectivity index (χ3v) is 10.6. The Hall–Kier alpha value is -4.18. The van der Waals surface area contributed by atoms with Crippen LogP contribution in [0.15, 0.2) is 53.8 Å². The Kier molecular flexibility index (Phi) is 7.16. The number of allylic oxidation sites excluding steroid dienone is 1. The van der Waals surface area contributed by atoms with E-state index >= 15 is 0 Å². The van der Waals surface area contributed by atoms with Crippen molar-refractivity contribution in [1.82, 2.24) is 19.8 Å². The molecule has 2 saturated carbocycles. The molecule has 4 fully saturated rings. The zero-order chi connectivity index (χ0) is 31.7. The van der Waals surface area contributed by atoms with Crippen LogP contribution in [0.4, 0.5) is 0 Å². The fourth-order valence-electron chi connectivity index (χ4n) is 8.14. The van der Waals surface area contributed by atoms with Crippen molar-refractivity contribution < 1.29 is 9.59 Å². The van der Waals surface area contributed by atoms with E-state index in [0.29, 0.717) is 54.5 Å². The van der Waals surface area contributed by atoms with Crippen LogP contribution in [0.5, 0.6) is 0 Å². The highest BCUT2D eigenvalue weighted by Gasteiger charge is 2.56. The van der Waals surface area contributed by atoms with Gasteiger partial charge < -0.3 is 14.8 Å². The third-order valence-electron chi connectivity index (χ3n) is 10.6. The second-order valence-electron chi connectivity index (χ2n) is 15.1. The zero-order valence-corrected chi connectivity index (χ0v) is 27.3. The number of nitrogens with one attached hydrogen (secondary N) is 1. The van der Waals surface area contributed by atoms with Gasteiger partial charge in [-0.2, -0.15) is 0 Å². The molecule has 1 N–H and O–H groups in total. The molecule has 2 aromatic carbocycles. The number of fused-ring (bicyclic) bond motifs is 3. The van der Waals surface area contributed by atoms with Crippen molar-refractivity contribution in [1.29, 1.82) is 0 Å². The number of likely N-dealkylation sites (tertiary alicyclic amines) is 2. The number of benzene rings is 2. The van der Waals surface area contributed by atoms with Crippen LogP contribution in [-0.2, 0) is 9.59 Å². The molecule has 236 valence electrons. The summed E-state index contributed by atoms with van der Waals surface area (Å²) in [4.78, 5) is 43.2. The Morgan fingerprint density at radius 1 is 0.848 bits per heavy atom. The van der Waals surface area contributed by atoms with Crippen molar-refractivity contribution in [2.24, 2.45) is 28.7 Å². The van der Waals surface area contributed by atoms with Crippen LogP contribution < -0.4 is 0 Å². The maximum absolute atomic E-state index is 13.1. The van der Waals surface area contributed by atoms with Crippen LogP contribution in [0.1, 0.15) is 101 Å². The monoisotopic (exact) mass is 613 g/mol. The fraction of sp³-hybridized carbons (Fsp3) is 0.487. The maximum Gasteiger partial charge on any atom is 0.223 e. The molecule has 2 amide bonds. The first-order valence-corrected chi connectivity index (χ1v) is 17.2. The lowest BCUT2D eigenvalue weighted by Crippen LogP contribution is -2.43. The number of amides is 2. The maximum atomic E-state index is 13.1. The Morgan fingerprint density at radius 2 is 1.50 bits per heavy atom. The average Bonchev–Trinajstić information content (AvgIpc) is 3.63. The standard InChI is InChI=1S/C39H43N5O2/c1-22(2)11-37(45)43-33-16-28(33)18-35(43)32-15-30(20-40-32)27-9-8-25-13-24(5-7-26(25)14-27)6-10-31-21-41-39(42-31)36-19-29-17-34(29)44(36)38(46)12-23(3)4/h5,7-9,13-14,20-23,28-29,33-36H,11-12,15-19H2,1-4H3,(H,41,42)/t28-,29-,33-,34-,35+,36+/m1/s1. The first-order chi connectivity index (χ1) is 22.2. The molecule has 0 radical (unpaired) electrons. The molecule has 5 aliphatic rings. The predicted molar refractivity (Wildman–Crippen MR) is 181 cm³/mol. The van der Waals surface area contributed by atoms with Gasteiger partial charge in [0.05, 0.1) is 18.3 Å². The number of piperidine rings is 2. The molecule has 7 nitrogen and oxygen atoms in total. The summed E-state index contributed by atoms with van der Waals surface area (Å²) < 4.78 is 0. The number of hydrogen-bond donors (Lipinski definition) is 1. The van der Waals surface area contributed by atoms with Crippen molar-refractivity contribution in [3.63, 3.8) is 0 Å². The van der Waals surface area contributed by atoms with Gasteiger partial charge in [0.2, 0.25) is 11.8 Å². The van der Waals surface area contributed by atoms with Gasteiger partial charge in [0.15, 0.2) is 0 Å². The minimum atomic E-state index is 0.0342. The molecule has 7 heteroatoms. The van der Waals surface area contributed by atoms with Crippen LogP contribution in [0.3, 0.4) is 0 Å². The third kappa shape index (κ3) is 5.46. The van der Waals surface area contributed by atoms with Crippen molar-refractivity contribution >= 4 is 33.9 Å². The van der Waals surface area contributed by atoms with Crippen LogP contribution >= 0.6 is 0 Å². The smallest absolute Gasteiger partial charge is 0.223 e. The van der Waals surface area contributed by atoms with Crippen molar-refractivity contribution in [3.05, 3.63) is 71.4 Å². The molecule has 6 atom stereocenters. The van der Waals surface area contributed by atoms with Crippen LogP contribution in [0.2, 0.25) is 0 Å². The molecule has 1 aromatic heterocycles. The summed E-state index contributed by atoms with van der Waals surface area (Å²) in [5.41, 5.74) is 5.27. The number of imidazole rings is 1. The van der Waals surface area contributed by atoms with Crippen LogP contribution in [-0.4, -0.2) is 55.4 Å². The van der Waals surface area contributed by atoms with Crippen molar-refractivity contribution in [2.45, 2.75) is 96.8 Å². The molecule has 2 aliphatic carbocycles. The van der Waals surface area contributed by atoms with E-state index in [1.54, 1.807) is 6.20 Å². The molecule has 2 saturated heterocycles. The predicted octanol–water partition coefficient (Wildman–Crippen LogP) is 6.89. The lowest BCUT2D eigenvalue weighted by Gasteiger charge is -2.29. The molecule has 3 aromatic rings. The first kappa shape index (κ1) is 29.2. The molecule has 0 unspecified atom stereocenters. The van der Waals surface area contributed by atoms with Crippen molar-refractivity contribution in [2.75, 3.05) is 0 Å². The number of carbonyl (C=O) groups is 2. The number of aromatic amines is 1. The largest absolute Gasteiger partial charge is 0.334 e. The van der Waals surface area contributed by atoms with E-state index in [-0.39, 0.29) is 18.0 Å². The molecule has 46 heavy (non-hydrogen) atoms. The summed E-state index contributed by atoms with van der Waals surface area (Å²) in [5.74, 6) is 9.97. The lowest BCUT2D eigenvalue weighted by atomic mass is 9.95. The van der Waals surface area contributed by atoms with Crippen LogP contribution in [0, 0.1) is 35.5 Å². The Bertz CT molecular complexity index is 1850. The topological polar surface area (TPSA) is 81.7 Å². The molecule has 3 aliphatic heterocycles. The Balaban J connectivity index is 0.930. The van der Waals surface area contributed by atoms with Gasteiger partial charge in [-0.25, -0.2) is 4.98 Å². The minimum absolute atomic E-state index is 0.0342. The highest BCUT2D eigenvalue weighted by molar-refractivity contribution is 6.04. The van der Waals surface area contributed by atoms with E-state index < -0.39 is 0 Å². The highest BCUT2D eigenvalue weighted by Crippen LogP contribution is 2.53. The zero-order valence-electron chi connectivity index (χ0n) is 27.3. The number of aliphatic imine (C=N–C) groups is 1. The number of rotatable bonds is 7. The van der Waals surface area contributed by atoms with E-state index in [2.05, 4.69) is 95.7 Å². The van der Waals surface area contributed by atoms with E-state index in [0.717, 1.165) is 60.3 Å². The van der Waals surface area contributed by atoms with E-state index in [4.69, 9.17) is 4.99 Å². The molecule has 4 heterocycles.